The van der Waals surface area contributed by atoms with E-state index in [1.54, 1.807) is 12.1 Å². The van der Waals surface area contributed by atoms with Crippen LogP contribution >= 0.6 is 0 Å². The summed E-state index contributed by atoms with van der Waals surface area (Å²) in [5.41, 5.74) is 2.03. The third kappa shape index (κ3) is 1.81. The van der Waals surface area contributed by atoms with Gasteiger partial charge in [0.15, 0.2) is 0 Å². The van der Waals surface area contributed by atoms with Gasteiger partial charge in [-0.05, 0) is 41.5 Å². The molecule has 2 N–H and O–H groups in total. The Balaban J connectivity index is 2.39. The number of nitrogens with one attached hydrogen (secondary N) is 1. The second-order valence-electron chi connectivity index (χ2n) is 5.93. The van der Waals surface area contributed by atoms with Crippen molar-refractivity contribution in [3.8, 4) is 0 Å². The van der Waals surface area contributed by atoms with Gasteiger partial charge in [-0.15, -0.1) is 0 Å². The first-order valence-corrected chi connectivity index (χ1v) is 7.96. The van der Waals surface area contributed by atoms with Gasteiger partial charge in [-0.2, -0.15) is 8.42 Å². The molecule has 0 aromatic heterocycles. The highest BCUT2D eigenvalue weighted by Crippen LogP contribution is 2.44. The normalized spacial score (nSPS) is 20.7. The molecule has 2 aromatic rings. The van der Waals surface area contributed by atoms with E-state index in [0.29, 0.717) is 0 Å². The number of hydrogen-bond acceptors (Lipinski definition) is 3. The summed E-state index contributed by atoms with van der Waals surface area (Å²) in [4.78, 5) is -0.0613. The minimum absolute atomic E-state index is 0.0613. The molecule has 1 heterocycles. The highest BCUT2D eigenvalue weighted by molar-refractivity contribution is 7.85. The molecule has 106 valence electrons. The van der Waals surface area contributed by atoms with Crippen LogP contribution in [0, 0.1) is 0 Å². The van der Waals surface area contributed by atoms with Crippen LogP contribution in [-0.4, -0.2) is 19.0 Å². The van der Waals surface area contributed by atoms with Crippen molar-refractivity contribution in [1.29, 1.82) is 0 Å². The van der Waals surface area contributed by atoms with E-state index in [4.69, 9.17) is 0 Å². The van der Waals surface area contributed by atoms with E-state index in [-0.39, 0.29) is 16.4 Å². The van der Waals surface area contributed by atoms with Gasteiger partial charge in [0.2, 0.25) is 0 Å². The van der Waals surface area contributed by atoms with E-state index in [1.807, 2.05) is 12.1 Å². The fraction of sp³-hybridized carbons (Fsp3) is 0.333. The minimum Gasteiger partial charge on any atom is -0.381 e. The highest BCUT2D eigenvalue weighted by Gasteiger charge is 2.37. The third-order valence-corrected chi connectivity index (χ3v) is 5.24. The van der Waals surface area contributed by atoms with Crippen LogP contribution in [0.3, 0.4) is 0 Å². The average molecular weight is 291 g/mol. The van der Waals surface area contributed by atoms with Gasteiger partial charge in [0, 0.05) is 17.1 Å². The molecule has 20 heavy (non-hydrogen) atoms. The molecule has 1 aliphatic heterocycles. The lowest BCUT2D eigenvalue weighted by Crippen LogP contribution is -2.30. The SMILES string of the molecule is CC1Nc2ccc3ccc(S(=O)(=O)O)cc3c2C1(C)C. The van der Waals surface area contributed by atoms with Crippen LogP contribution in [0.2, 0.25) is 0 Å². The molecule has 0 aliphatic carbocycles. The van der Waals surface area contributed by atoms with Crippen molar-refractivity contribution in [2.24, 2.45) is 0 Å². The van der Waals surface area contributed by atoms with Crippen molar-refractivity contribution in [3.05, 3.63) is 35.9 Å². The second kappa shape index (κ2) is 3.96. The summed E-state index contributed by atoms with van der Waals surface area (Å²) >= 11 is 0. The molecule has 1 aliphatic rings. The van der Waals surface area contributed by atoms with Crippen molar-refractivity contribution >= 4 is 26.6 Å². The molecule has 1 atom stereocenters. The molecule has 1 unspecified atom stereocenters. The third-order valence-electron chi connectivity index (χ3n) is 4.39. The summed E-state index contributed by atoms with van der Waals surface area (Å²) in [5.74, 6) is 0. The molecule has 4 nitrogen and oxygen atoms in total. The molecule has 0 spiro atoms. The van der Waals surface area contributed by atoms with Gasteiger partial charge in [0.05, 0.1) is 4.90 Å². The first-order valence-electron chi connectivity index (χ1n) is 6.52. The Morgan fingerprint density at radius 1 is 1.20 bits per heavy atom. The summed E-state index contributed by atoms with van der Waals surface area (Å²) in [5, 5.41) is 5.27. The lowest BCUT2D eigenvalue weighted by atomic mass is 9.79. The van der Waals surface area contributed by atoms with Crippen LogP contribution in [0.15, 0.2) is 35.2 Å². The monoisotopic (exact) mass is 291 g/mol. The fourth-order valence-corrected chi connectivity index (χ4v) is 3.41. The Morgan fingerprint density at radius 2 is 1.85 bits per heavy atom. The van der Waals surface area contributed by atoms with Gasteiger partial charge < -0.3 is 5.32 Å². The van der Waals surface area contributed by atoms with Gasteiger partial charge in [0.25, 0.3) is 10.1 Å². The van der Waals surface area contributed by atoms with E-state index in [9.17, 15) is 13.0 Å². The van der Waals surface area contributed by atoms with E-state index in [0.717, 1.165) is 22.0 Å². The number of fused-ring (bicyclic) bond motifs is 3. The van der Waals surface area contributed by atoms with Crippen molar-refractivity contribution in [1.82, 2.24) is 0 Å². The Kier molecular flexibility index (Phi) is 2.65. The highest BCUT2D eigenvalue weighted by atomic mass is 32.2. The Labute approximate surface area is 118 Å². The molecular weight excluding hydrogens is 274 g/mol. The summed E-state index contributed by atoms with van der Waals surface area (Å²) in [6, 6.07) is 8.97. The predicted molar refractivity (Wildman–Crippen MR) is 79.9 cm³/mol. The number of rotatable bonds is 1. The van der Waals surface area contributed by atoms with Gasteiger partial charge in [-0.25, -0.2) is 0 Å². The number of hydrogen-bond donors (Lipinski definition) is 2. The summed E-state index contributed by atoms with van der Waals surface area (Å²) in [6.45, 7) is 6.38. The molecule has 0 fully saturated rings. The van der Waals surface area contributed by atoms with Crippen molar-refractivity contribution < 1.29 is 13.0 Å². The molecule has 2 aromatic carbocycles. The first kappa shape index (κ1) is 13.4. The topological polar surface area (TPSA) is 66.4 Å². The smallest absolute Gasteiger partial charge is 0.294 e. The van der Waals surface area contributed by atoms with Crippen molar-refractivity contribution in [3.63, 3.8) is 0 Å². The average Bonchev–Trinajstić information content (AvgIpc) is 2.58. The molecule has 5 heteroatoms. The zero-order valence-corrected chi connectivity index (χ0v) is 12.5. The van der Waals surface area contributed by atoms with Crippen molar-refractivity contribution in [2.75, 3.05) is 5.32 Å². The van der Waals surface area contributed by atoms with Gasteiger partial charge in [-0.1, -0.05) is 26.0 Å². The minimum atomic E-state index is -4.18. The Morgan fingerprint density at radius 3 is 2.50 bits per heavy atom. The summed E-state index contributed by atoms with van der Waals surface area (Å²) in [6.07, 6.45) is 0. The maximum Gasteiger partial charge on any atom is 0.294 e. The van der Waals surface area contributed by atoms with Crippen LogP contribution in [0.5, 0.6) is 0 Å². The summed E-state index contributed by atoms with van der Waals surface area (Å²) in [7, 11) is -4.18. The fourth-order valence-electron chi connectivity index (χ4n) is 2.90. The molecule has 0 saturated carbocycles. The summed E-state index contributed by atoms with van der Waals surface area (Å²) < 4.78 is 31.9. The van der Waals surface area contributed by atoms with Gasteiger partial charge >= 0.3 is 0 Å². The molecular formula is C15H17NO3S. The molecule has 3 rings (SSSR count). The lowest BCUT2D eigenvalue weighted by molar-refractivity contribution is 0.482. The standard InChI is InChI=1S/C15H17NO3S/c1-9-15(2,3)14-12-8-11(20(17,18)19)6-4-10(12)5-7-13(14)16-9/h4-9,16H,1-3H3,(H,17,18,19). The molecule has 0 radical (unpaired) electrons. The van der Waals surface area contributed by atoms with E-state index in [1.165, 1.54) is 6.07 Å². The molecule has 0 amide bonds. The van der Waals surface area contributed by atoms with Crippen LogP contribution in [0.25, 0.3) is 10.8 Å². The van der Waals surface area contributed by atoms with Crippen LogP contribution in [0.4, 0.5) is 5.69 Å². The number of benzene rings is 2. The van der Waals surface area contributed by atoms with Gasteiger partial charge in [-0.3, -0.25) is 4.55 Å². The van der Waals surface area contributed by atoms with Crippen LogP contribution < -0.4 is 5.32 Å². The Hall–Kier alpha value is -1.59. The predicted octanol–water partition coefficient (Wildman–Crippen LogP) is 3.18. The van der Waals surface area contributed by atoms with Crippen molar-refractivity contribution in [2.45, 2.75) is 37.1 Å². The van der Waals surface area contributed by atoms with Crippen LogP contribution in [-0.2, 0) is 15.5 Å². The maximum absolute atomic E-state index is 11.3. The van der Waals surface area contributed by atoms with Gasteiger partial charge in [0.1, 0.15) is 0 Å². The van der Waals surface area contributed by atoms with E-state index >= 15 is 0 Å². The quantitative estimate of drug-likeness (QED) is 0.792. The van der Waals surface area contributed by atoms with Crippen LogP contribution in [0.1, 0.15) is 26.3 Å². The zero-order valence-electron chi connectivity index (χ0n) is 11.6. The largest absolute Gasteiger partial charge is 0.381 e. The molecule has 0 bridgehead atoms. The molecule has 0 saturated heterocycles. The zero-order chi connectivity index (χ0) is 14.7. The maximum atomic E-state index is 11.3. The first-order chi connectivity index (χ1) is 9.21. The lowest BCUT2D eigenvalue weighted by Gasteiger charge is -2.25. The van der Waals surface area contributed by atoms with E-state index in [2.05, 4.69) is 26.1 Å². The Bertz CT molecular complexity index is 809. The number of anilines is 1. The second-order valence-corrected chi connectivity index (χ2v) is 7.36. The van der Waals surface area contributed by atoms with E-state index < -0.39 is 10.1 Å².